The molecule has 1 unspecified atom stereocenters. The molecule has 0 radical (unpaired) electrons. The summed E-state index contributed by atoms with van der Waals surface area (Å²) in [6, 6.07) is 9.08. The van der Waals surface area contributed by atoms with E-state index in [2.05, 4.69) is 41.9 Å². The maximum atomic E-state index is 4.71. The molecule has 0 spiro atoms. The summed E-state index contributed by atoms with van der Waals surface area (Å²) < 4.78 is 0. The monoisotopic (exact) mass is 258 g/mol. The van der Waals surface area contributed by atoms with Crippen molar-refractivity contribution < 1.29 is 0 Å². The quantitative estimate of drug-likeness (QED) is 0.905. The Morgan fingerprint density at radius 2 is 2.28 bits per heavy atom. The van der Waals surface area contributed by atoms with Crippen LogP contribution in [0.2, 0.25) is 0 Å². The maximum absolute atomic E-state index is 4.71. The lowest BCUT2D eigenvalue weighted by Gasteiger charge is -2.14. The van der Waals surface area contributed by atoms with E-state index in [-0.39, 0.29) is 0 Å². The number of thiophene rings is 1. The predicted octanol–water partition coefficient (Wildman–Crippen LogP) is 3.67. The summed E-state index contributed by atoms with van der Waals surface area (Å²) in [5.41, 5.74) is 2.73. The topological polar surface area (TPSA) is 24.9 Å². The SMILES string of the molecule is CC(Cc1cccs1)Nc1ccc2c(n1)CCC2. The fourth-order valence-corrected chi connectivity index (χ4v) is 3.37. The lowest BCUT2D eigenvalue weighted by Crippen LogP contribution is -2.18. The minimum Gasteiger partial charge on any atom is -0.367 e. The highest BCUT2D eigenvalue weighted by Crippen LogP contribution is 2.22. The normalized spacial score (nSPS) is 15.4. The van der Waals surface area contributed by atoms with Gasteiger partial charge in [-0.05, 0) is 49.3 Å². The number of aromatic nitrogens is 1. The third-order valence-corrected chi connectivity index (χ3v) is 4.31. The van der Waals surface area contributed by atoms with E-state index in [0.29, 0.717) is 6.04 Å². The fourth-order valence-electron chi connectivity index (χ4n) is 2.53. The summed E-state index contributed by atoms with van der Waals surface area (Å²) >= 11 is 1.82. The van der Waals surface area contributed by atoms with Crippen molar-refractivity contribution in [2.75, 3.05) is 5.32 Å². The van der Waals surface area contributed by atoms with E-state index in [1.54, 1.807) is 0 Å². The van der Waals surface area contributed by atoms with E-state index < -0.39 is 0 Å². The van der Waals surface area contributed by atoms with Gasteiger partial charge in [-0.2, -0.15) is 0 Å². The summed E-state index contributed by atoms with van der Waals surface area (Å²) in [7, 11) is 0. The molecule has 0 aromatic carbocycles. The van der Waals surface area contributed by atoms with Crippen LogP contribution in [0.4, 0.5) is 5.82 Å². The molecule has 18 heavy (non-hydrogen) atoms. The van der Waals surface area contributed by atoms with Gasteiger partial charge in [0.15, 0.2) is 0 Å². The van der Waals surface area contributed by atoms with Crippen LogP contribution in [-0.4, -0.2) is 11.0 Å². The van der Waals surface area contributed by atoms with Gasteiger partial charge in [0.05, 0.1) is 0 Å². The average molecular weight is 258 g/mol. The van der Waals surface area contributed by atoms with Crippen LogP contribution in [-0.2, 0) is 19.3 Å². The highest BCUT2D eigenvalue weighted by atomic mass is 32.1. The molecule has 2 aromatic rings. The molecule has 2 nitrogen and oxygen atoms in total. The summed E-state index contributed by atoms with van der Waals surface area (Å²) in [6.45, 7) is 2.22. The van der Waals surface area contributed by atoms with Gasteiger partial charge in [-0.15, -0.1) is 11.3 Å². The average Bonchev–Trinajstić information content (AvgIpc) is 2.98. The van der Waals surface area contributed by atoms with Crippen molar-refractivity contribution in [1.82, 2.24) is 4.98 Å². The van der Waals surface area contributed by atoms with Gasteiger partial charge in [0.25, 0.3) is 0 Å². The molecule has 1 aliphatic rings. The van der Waals surface area contributed by atoms with Gasteiger partial charge in [0.1, 0.15) is 5.82 Å². The smallest absolute Gasteiger partial charge is 0.126 e. The highest BCUT2D eigenvalue weighted by molar-refractivity contribution is 7.09. The molecule has 1 N–H and O–H groups in total. The van der Waals surface area contributed by atoms with Crippen LogP contribution in [0.1, 0.15) is 29.5 Å². The van der Waals surface area contributed by atoms with Crippen LogP contribution in [0.15, 0.2) is 29.6 Å². The van der Waals surface area contributed by atoms with Crippen molar-refractivity contribution in [3.8, 4) is 0 Å². The predicted molar refractivity (Wildman–Crippen MR) is 77.4 cm³/mol. The molecule has 0 fully saturated rings. The second-order valence-electron chi connectivity index (χ2n) is 4.98. The van der Waals surface area contributed by atoms with E-state index in [4.69, 9.17) is 4.98 Å². The number of nitrogens with one attached hydrogen (secondary N) is 1. The van der Waals surface area contributed by atoms with Crippen LogP contribution < -0.4 is 5.32 Å². The lowest BCUT2D eigenvalue weighted by molar-refractivity contribution is 0.792. The number of rotatable bonds is 4. The van der Waals surface area contributed by atoms with E-state index in [0.717, 1.165) is 18.7 Å². The molecule has 0 bridgehead atoms. The van der Waals surface area contributed by atoms with E-state index in [1.807, 2.05) is 11.3 Å². The first kappa shape index (κ1) is 11.7. The second kappa shape index (κ2) is 5.11. The van der Waals surface area contributed by atoms with E-state index in [1.165, 1.54) is 29.0 Å². The van der Waals surface area contributed by atoms with Crippen molar-refractivity contribution in [1.29, 1.82) is 0 Å². The molecule has 0 amide bonds. The Bertz CT molecular complexity index is 519. The number of hydrogen-bond donors (Lipinski definition) is 1. The molecular weight excluding hydrogens is 240 g/mol. The molecule has 3 rings (SSSR count). The summed E-state index contributed by atoms with van der Waals surface area (Å²) in [6.07, 6.45) is 4.67. The van der Waals surface area contributed by atoms with Gasteiger partial charge in [-0.3, -0.25) is 0 Å². The van der Waals surface area contributed by atoms with Crippen LogP contribution in [0.5, 0.6) is 0 Å². The van der Waals surface area contributed by atoms with Crippen molar-refractivity contribution >= 4 is 17.2 Å². The Balaban J connectivity index is 1.65. The lowest BCUT2D eigenvalue weighted by atomic mass is 10.2. The molecule has 2 heterocycles. The fraction of sp³-hybridized carbons (Fsp3) is 0.400. The minimum absolute atomic E-state index is 0.426. The zero-order chi connectivity index (χ0) is 12.4. The number of nitrogens with zero attached hydrogens (tertiary/aromatic N) is 1. The van der Waals surface area contributed by atoms with Gasteiger partial charge in [-0.1, -0.05) is 12.1 Å². The number of hydrogen-bond acceptors (Lipinski definition) is 3. The zero-order valence-corrected chi connectivity index (χ0v) is 11.5. The largest absolute Gasteiger partial charge is 0.367 e. The standard InChI is InChI=1S/C15H18N2S/c1-11(10-13-5-3-9-18-13)16-15-8-7-12-4-2-6-14(12)17-15/h3,5,7-9,11H,2,4,6,10H2,1H3,(H,16,17). The molecule has 0 saturated carbocycles. The molecule has 3 heteroatoms. The number of pyridine rings is 1. The zero-order valence-electron chi connectivity index (χ0n) is 10.6. The van der Waals surface area contributed by atoms with Gasteiger partial charge in [0.2, 0.25) is 0 Å². The summed E-state index contributed by atoms with van der Waals surface area (Å²) in [4.78, 5) is 6.14. The van der Waals surface area contributed by atoms with Gasteiger partial charge >= 0.3 is 0 Å². The first-order valence-corrected chi connectivity index (χ1v) is 7.47. The summed E-state index contributed by atoms with van der Waals surface area (Å²) in [5, 5.41) is 5.64. The Labute approximate surface area is 112 Å². The van der Waals surface area contributed by atoms with Crippen molar-refractivity contribution in [3.05, 3.63) is 45.8 Å². The van der Waals surface area contributed by atoms with Crippen molar-refractivity contribution in [2.24, 2.45) is 0 Å². The molecule has 2 aromatic heterocycles. The Morgan fingerprint density at radius 1 is 1.33 bits per heavy atom. The van der Waals surface area contributed by atoms with Crippen molar-refractivity contribution in [3.63, 3.8) is 0 Å². The number of aryl methyl sites for hydroxylation is 2. The van der Waals surface area contributed by atoms with Gasteiger partial charge < -0.3 is 5.32 Å². The van der Waals surface area contributed by atoms with Gasteiger partial charge in [-0.25, -0.2) is 4.98 Å². The number of anilines is 1. The molecule has 1 aliphatic carbocycles. The van der Waals surface area contributed by atoms with Crippen LogP contribution in [0.25, 0.3) is 0 Å². The Kier molecular flexibility index (Phi) is 3.33. The van der Waals surface area contributed by atoms with Crippen LogP contribution >= 0.6 is 11.3 Å². The number of fused-ring (bicyclic) bond motifs is 1. The molecule has 0 saturated heterocycles. The Hall–Kier alpha value is -1.35. The first-order chi connectivity index (χ1) is 8.81. The third kappa shape index (κ3) is 2.56. The molecule has 1 atom stereocenters. The Morgan fingerprint density at radius 3 is 3.11 bits per heavy atom. The van der Waals surface area contributed by atoms with E-state index in [9.17, 15) is 0 Å². The minimum atomic E-state index is 0.426. The van der Waals surface area contributed by atoms with Crippen molar-refractivity contribution in [2.45, 2.75) is 38.6 Å². The molecule has 0 aliphatic heterocycles. The van der Waals surface area contributed by atoms with E-state index >= 15 is 0 Å². The van der Waals surface area contributed by atoms with Gasteiger partial charge in [0, 0.05) is 23.0 Å². The molecular formula is C15H18N2S. The first-order valence-electron chi connectivity index (χ1n) is 6.59. The second-order valence-corrected chi connectivity index (χ2v) is 6.02. The maximum Gasteiger partial charge on any atom is 0.126 e. The highest BCUT2D eigenvalue weighted by Gasteiger charge is 2.13. The third-order valence-electron chi connectivity index (χ3n) is 3.41. The molecule has 94 valence electrons. The van der Waals surface area contributed by atoms with Crippen LogP contribution in [0.3, 0.4) is 0 Å². The summed E-state index contributed by atoms with van der Waals surface area (Å²) in [5.74, 6) is 1.03. The van der Waals surface area contributed by atoms with Crippen LogP contribution in [0, 0.1) is 0 Å².